The Hall–Kier alpha value is -0.810. The Morgan fingerprint density at radius 2 is 2.16 bits per heavy atom. The van der Waals surface area contributed by atoms with Crippen molar-refractivity contribution in [3.63, 3.8) is 0 Å². The molecule has 106 valence electrons. The van der Waals surface area contributed by atoms with Crippen LogP contribution in [-0.4, -0.2) is 55.5 Å². The van der Waals surface area contributed by atoms with E-state index in [2.05, 4.69) is 10.2 Å². The van der Waals surface area contributed by atoms with Crippen molar-refractivity contribution in [3.05, 3.63) is 28.8 Å². The number of halogens is 1. The number of hydrogen-bond acceptors (Lipinski definition) is 4. The first-order valence-corrected chi connectivity index (χ1v) is 7.02. The number of aliphatic hydroxyl groups is 1. The molecule has 0 amide bonds. The van der Waals surface area contributed by atoms with Gasteiger partial charge >= 0.3 is 0 Å². The lowest BCUT2D eigenvalue weighted by Crippen LogP contribution is -2.42. The molecular weight excluding hydrogens is 264 g/mol. The van der Waals surface area contributed by atoms with Gasteiger partial charge in [-0.2, -0.15) is 0 Å². The number of morpholine rings is 1. The van der Waals surface area contributed by atoms with Crippen LogP contribution >= 0.6 is 11.6 Å². The zero-order chi connectivity index (χ0) is 13.7. The first-order valence-electron chi connectivity index (χ1n) is 6.64. The standard InChI is InChI=1S/C14H21ClN2O2/c1-11-13(15)3-2-4-14(11)16-9-12(18)10-17-5-7-19-8-6-17/h2-4,12,16,18H,5-10H2,1H3. The lowest BCUT2D eigenvalue weighted by atomic mass is 10.2. The highest BCUT2D eigenvalue weighted by Gasteiger charge is 2.14. The molecular formula is C14H21ClN2O2. The van der Waals surface area contributed by atoms with Crippen LogP contribution in [0.5, 0.6) is 0 Å². The van der Waals surface area contributed by atoms with Gasteiger partial charge in [-0.05, 0) is 24.6 Å². The Morgan fingerprint density at radius 3 is 2.89 bits per heavy atom. The Kier molecular flexibility index (Phi) is 5.45. The summed E-state index contributed by atoms with van der Waals surface area (Å²) in [5, 5.41) is 14.0. The van der Waals surface area contributed by atoms with Crippen LogP contribution in [0.15, 0.2) is 18.2 Å². The minimum atomic E-state index is -0.392. The summed E-state index contributed by atoms with van der Waals surface area (Å²) in [5.41, 5.74) is 2.00. The summed E-state index contributed by atoms with van der Waals surface area (Å²) in [7, 11) is 0. The average Bonchev–Trinajstić information content (AvgIpc) is 2.42. The molecule has 1 unspecified atom stereocenters. The van der Waals surface area contributed by atoms with Crippen LogP contribution in [0.2, 0.25) is 5.02 Å². The van der Waals surface area contributed by atoms with Crippen molar-refractivity contribution < 1.29 is 9.84 Å². The molecule has 1 aliphatic rings. The van der Waals surface area contributed by atoms with E-state index in [0.29, 0.717) is 13.1 Å². The SMILES string of the molecule is Cc1c(Cl)cccc1NCC(O)CN1CCOCC1. The fourth-order valence-corrected chi connectivity index (χ4v) is 2.35. The highest BCUT2D eigenvalue weighted by atomic mass is 35.5. The molecule has 0 spiro atoms. The normalized spacial score (nSPS) is 18.3. The number of aliphatic hydroxyl groups excluding tert-OH is 1. The van der Waals surface area contributed by atoms with Gasteiger partial charge in [0.25, 0.3) is 0 Å². The fraction of sp³-hybridized carbons (Fsp3) is 0.571. The van der Waals surface area contributed by atoms with Gasteiger partial charge in [-0.1, -0.05) is 17.7 Å². The fourth-order valence-electron chi connectivity index (χ4n) is 2.17. The molecule has 0 radical (unpaired) electrons. The largest absolute Gasteiger partial charge is 0.390 e. The maximum Gasteiger partial charge on any atom is 0.0839 e. The highest BCUT2D eigenvalue weighted by Crippen LogP contribution is 2.22. The minimum absolute atomic E-state index is 0.392. The summed E-state index contributed by atoms with van der Waals surface area (Å²) in [5.74, 6) is 0. The van der Waals surface area contributed by atoms with Crippen molar-refractivity contribution in [1.29, 1.82) is 0 Å². The Balaban J connectivity index is 1.79. The molecule has 0 bridgehead atoms. The van der Waals surface area contributed by atoms with Crippen LogP contribution in [0, 0.1) is 6.92 Å². The highest BCUT2D eigenvalue weighted by molar-refractivity contribution is 6.31. The lowest BCUT2D eigenvalue weighted by molar-refractivity contribution is 0.0171. The van der Waals surface area contributed by atoms with E-state index in [-0.39, 0.29) is 0 Å². The maximum atomic E-state index is 10.0. The van der Waals surface area contributed by atoms with Crippen molar-refractivity contribution in [2.75, 3.05) is 44.7 Å². The van der Waals surface area contributed by atoms with Crippen LogP contribution in [-0.2, 0) is 4.74 Å². The minimum Gasteiger partial charge on any atom is -0.390 e. The second-order valence-electron chi connectivity index (χ2n) is 4.86. The van der Waals surface area contributed by atoms with E-state index in [9.17, 15) is 5.11 Å². The molecule has 0 saturated carbocycles. The van der Waals surface area contributed by atoms with Crippen molar-refractivity contribution in [1.82, 2.24) is 4.90 Å². The molecule has 19 heavy (non-hydrogen) atoms. The lowest BCUT2D eigenvalue weighted by Gasteiger charge is -2.28. The van der Waals surface area contributed by atoms with Gasteiger partial charge in [-0.3, -0.25) is 4.90 Å². The van der Waals surface area contributed by atoms with E-state index < -0.39 is 6.10 Å². The molecule has 2 rings (SSSR count). The molecule has 5 heteroatoms. The topological polar surface area (TPSA) is 44.7 Å². The molecule has 1 atom stereocenters. The average molecular weight is 285 g/mol. The first-order chi connectivity index (χ1) is 9.16. The van der Waals surface area contributed by atoms with Crippen LogP contribution in [0.3, 0.4) is 0 Å². The predicted molar refractivity (Wildman–Crippen MR) is 77.9 cm³/mol. The van der Waals surface area contributed by atoms with Crippen LogP contribution in [0.25, 0.3) is 0 Å². The summed E-state index contributed by atoms with van der Waals surface area (Å²) in [6.45, 7) is 6.48. The number of benzene rings is 1. The van der Waals surface area contributed by atoms with Gasteiger partial charge in [-0.25, -0.2) is 0 Å². The van der Waals surface area contributed by atoms with Gasteiger partial charge in [0.15, 0.2) is 0 Å². The Labute approximate surface area is 119 Å². The van der Waals surface area contributed by atoms with Crippen molar-refractivity contribution in [2.24, 2.45) is 0 Å². The summed E-state index contributed by atoms with van der Waals surface area (Å²) >= 11 is 6.06. The molecule has 1 aliphatic heterocycles. The number of hydrogen-bond donors (Lipinski definition) is 2. The molecule has 4 nitrogen and oxygen atoms in total. The molecule has 1 aromatic rings. The van der Waals surface area contributed by atoms with Gasteiger partial charge in [0.05, 0.1) is 19.3 Å². The smallest absolute Gasteiger partial charge is 0.0839 e. The van der Waals surface area contributed by atoms with E-state index in [0.717, 1.165) is 42.6 Å². The second kappa shape index (κ2) is 7.10. The summed E-state index contributed by atoms with van der Waals surface area (Å²) < 4.78 is 5.29. The van der Waals surface area contributed by atoms with Crippen molar-refractivity contribution in [3.8, 4) is 0 Å². The van der Waals surface area contributed by atoms with Crippen LogP contribution in [0.4, 0.5) is 5.69 Å². The molecule has 1 aromatic carbocycles. The van der Waals surface area contributed by atoms with E-state index >= 15 is 0 Å². The molecule has 1 saturated heterocycles. The van der Waals surface area contributed by atoms with Crippen LogP contribution in [0.1, 0.15) is 5.56 Å². The van der Waals surface area contributed by atoms with Gasteiger partial charge in [0.1, 0.15) is 0 Å². The number of ether oxygens (including phenoxy) is 1. The van der Waals surface area contributed by atoms with E-state index in [1.54, 1.807) is 0 Å². The third-order valence-electron chi connectivity index (χ3n) is 3.37. The van der Waals surface area contributed by atoms with E-state index in [1.165, 1.54) is 0 Å². The van der Waals surface area contributed by atoms with Crippen molar-refractivity contribution >= 4 is 17.3 Å². The zero-order valence-electron chi connectivity index (χ0n) is 11.2. The molecule has 0 aliphatic carbocycles. The summed E-state index contributed by atoms with van der Waals surface area (Å²) in [6.07, 6.45) is -0.392. The number of nitrogens with one attached hydrogen (secondary N) is 1. The van der Waals surface area contributed by atoms with Gasteiger partial charge < -0.3 is 15.2 Å². The molecule has 1 fully saturated rings. The zero-order valence-corrected chi connectivity index (χ0v) is 12.0. The molecule has 1 heterocycles. The van der Waals surface area contributed by atoms with Gasteiger partial charge in [0, 0.05) is 36.9 Å². The quantitative estimate of drug-likeness (QED) is 0.865. The predicted octanol–water partition coefficient (Wildman–Crippen LogP) is 1.75. The third kappa shape index (κ3) is 4.35. The van der Waals surface area contributed by atoms with E-state index in [1.807, 2.05) is 25.1 Å². The second-order valence-corrected chi connectivity index (χ2v) is 5.27. The van der Waals surface area contributed by atoms with Crippen LogP contribution < -0.4 is 5.32 Å². The number of β-amino-alcohol motifs (C(OH)–C–C–N with tert-alkyl or cyclic N) is 1. The Morgan fingerprint density at radius 1 is 1.42 bits per heavy atom. The van der Waals surface area contributed by atoms with Crippen molar-refractivity contribution in [2.45, 2.75) is 13.0 Å². The number of nitrogens with zero attached hydrogens (tertiary/aromatic N) is 1. The third-order valence-corrected chi connectivity index (χ3v) is 3.78. The van der Waals surface area contributed by atoms with Gasteiger partial charge in [0.2, 0.25) is 0 Å². The molecule has 2 N–H and O–H groups in total. The monoisotopic (exact) mass is 284 g/mol. The summed E-state index contributed by atoms with van der Waals surface area (Å²) in [6, 6.07) is 5.75. The maximum absolute atomic E-state index is 10.0. The number of rotatable bonds is 5. The Bertz CT molecular complexity index is 408. The first kappa shape index (κ1) is 14.6. The van der Waals surface area contributed by atoms with E-state index in [4.69, 9.17) is 16.3 Å². The van der Waals surface area contributed by atoms with Gasteiger partial charge in [-0.15, -0.1) is 0 Å². The summed E-state index contributed by atoms with van der Waals surface area (Å²) in [4.78, 5) is 2.22. The number of anilines is 1. The molecule has 0 aromatic heterocycles.